The molecule has 0 fully saturated rings. The molecule has 4 nitrogen and oxygen atoms in total. The number of halogens is 1. The molecule has 33 heavy (non-hydrogen) atoms. The third-order valence-corrected chi connectivity index (χ3v) is 7.18. The molecule has 168 valence electrons. The fourth-order valence-corrected chi connectivity index (χ4v) is 5.59. The molecule has 0 saturated carbocycles. The summed E-state index contributed by atoms with van der Waals surface area (Å²) in [6.45, 7) is 2.17. The highest BCUT2D eigenvalue weighted by molar-refractivity contribution is 9.10. The van der Waals surface area contributed by atoms with Crippen LogP contribution >= 0.6 is 15.9 Å². The third kappa shape index (κ3) is 4.18. The maximum absolute atomic E-state index is 5.43. The average Bonchev–Trinajstić information content (AvgIpc) is 3.33. The van der Waals surface area contributed by atoms with Crippen LogP contribution in [0.2, 0.25) is 0 Å². The summed E-state index contributed by atoms with van der Waals surface area (Å²) in [7, 11) is 3.26. The molecule has 3 aromatic rings. The van der Waals surface area contributed by atoms with E-state index in [2.05, 4.69) is 87.8 Å². The molecule has 0 radical (unpaired) electrons. The summed E-state index contributed by atoms with van der Waals surface area (Å²) in [6, 6.07) is 19.5. The van der Waals surface area contributed by atoms with E-state index in [4.69, 9.17) is 9.47 Å². The van der Waals surface area contributed by atoms with Crippen LogP contribution in [0.1, 0.15) is 40.6 Å². The Morgan fingerprint density at radius 1 is 1.03 bits per heavy atom. The summed E-state index contributed by atoms with van der Waals surface area (Å²) < 4.78 is 11.6. The normalized spacial score (nSPS) is 20.9. The highest BCUT2D eigenvalue weighted by Crippen LogP contribution is 2.50. The Kier molecular flexibility index (Phi) is 5.98. The molecule has 3 atom stereocenters. The van der Waals surface area contributed by atoms with Gasteiger partial charge in [0.1, 0.15) is 0 Å². The number of methoxy groups -OCH3 is 2. The van der Waals surface area contributed by atoms with Gasteiger partial charge in [0.2, 0.25) is 0 Å². The Balaban J connectivity index is 1.37. The number of rotatable bonds is 5. The van der Waals surface area contributed by atoms with Crippen LogP contribution in [-0.2, 0) is 0 Å². The highest BCUT2D eigenvalue weighted by Gasteiger charge is 2.37. The van der Waals surface area contributed by atoms with E-state index in [1.54, 1.807) is 14.2 Å². The Hall–Kier alpha value is -3.05. The first-order chi connectivity index (χ1) is 16.1. The molecule has 1 N–H and O–H groups in total. The molecule has 1 heterocycles. The van der Waals surface area contributed by atoms with Gasteiger partial charge in [-0.15, -0.1) is 0 Å². The molecule has 0 bridgehead atoms. The van der Waals surface area contributed by atoms with Gasteiger partial charge in [-0.1, -0.05) is 42.0 Å². The van der Waals surface area contributed by atoms with Crippen molar-refractivity contribution >= 4 is 33.5 Å². The summed E-state index contributed by atoms with van der Waals surface area (Å²) in [5.74, 6) is 2.36. The summed E-state index contributed by atoms with van der Waals surface area (Å²) in [4.78, 5) is 4.67. The standard InChI is InChI=1S/C28H27BrN2O2/c1-17-7-12-25-23(13-17)21-5-4-6-22(21)27(31-25)19-8-10-20(11-9-19)30-16-18-14-24(29)28(33-3)26(15-18)32-2/h4-5,7-16,21-22,27,31H,6H2,1-3H3/t21-,22-,27+/m1/s1. The Morgan fingerprint density at radius 3 is 2.61 bits per heavy atom. The van der Waals surface area contributed by atoms with Crippen LogP contribution in [0.15, 0.2) is 76.2 Å². The van der Waals surface area contributed by atoms with Crippen molar-refractivity contribution in [2.45, 2.75) is 25.3 Å². The van der Waals surface area contributed by atoms with Crippen molar-refractivity contribution in [3.63, 3.8) is 0 Å². The molecule has 0 unspecified atom stereocenters. The van der Waals surface area contributed by atoms with Gasteiger partial charge < -0.3 is 14.8 Å². The molecule has 0 saturated heterocycles. The first-order valence-corrected chi connectivity index (χ1v) is 12.0. The lowest BCUT2D eigenvalue weighted by Gasteiger charge is -2.37. The number of aryl methyl sites for hydroxylation is 1. The van der Waals surface area contributed by atoms with Gasteiger partial charge in [0, 0.05) is 17.8 Å². The van der Waals surface area contributed by atoms with Crippen molar-refractivity contribution in [3.05, 3.63) is 93.5 Å². The molecular formula is C28H27BrN2O2. The number of hydrogen-bond donors (Lipinski definition) is 1. The number of nitrogens with one attached hydrogen (secondary N) is 1. The number of allylic oxidation sites excluding steroid dienone is 2. The van der Waals surface area contributed by atoms with E-state index in [0.717, 1.165) is 22.1 Å². The minimum Gasteiger partial charge on any atom is -0.493 e. The molecule has 0 spiro atoms. The smallest absolute Gasteiger partial charge is 0.174 e. The van der Waals surface area contributed by atoms with Crippen molar-refractivity contribution in [3.8, 4) is 11.5 Å². The Bertz CT molecular complexity index is 1230. The monoisotopic (exact) mass is 502 g/mol. The molecule has 0 amide bonds. The molecule has 5 rings (SSSR count). The maximum Gasteiger partial charge on any atom is 0.174 e. The topological polar surface area (TPSA) is 42.8 Å². The fourth-order valence-electron chi connectivity index (χ4n) is 4.97. The summed E-state index contributed by atoms with van der Waals surface area (Å²) in [6.07, 6.45) is 7.66. The molecular weight excluding hydrogens is 476 g/mol. The quantitative estimate of drug-likeness (QED) is 0.292. The predicted molar refractivity (Wildman–Crippen MR) is 138 cm³/mol. The van der Waals surface area contributed by atoms with E-state index in [-0.39, 0.29) is 0 Å². The number of aliphatic imine (C=N–C) groups is 1. The number of nitrogens with zero attached hydrogens (tertiary/aromatic N) is 1. The summed E-state index contributed by atoms with van der Waals surface area (Å²) >= 11 is 3.54. The van der Waals surface area contributed by atoms with Crippen LogP contribution in [-0.4, -0.2) is 20.4 Å². The third-order valence-electron chi connectivity index (χ3n) is 6.59. The molecule has 3 aromatic carbocycles. The lowest BCUT2D eigenvalue weighted by molar-refractivity contribution is 0.353. The zero-order valence-corrected chi connectivity index (χ0v) is 20.6. The van der Waals surface area contributed by atoms with Crippen LogP contribution in [0.3, 0.4) is 0 Å². The van der Waals surface area contributed by atoms with Crippen molar-refractivity contribution in [2.75, 3.05) is 19.5 Å². The van der Waals surface area contributed by atoms with E-state index < -0.39 is 0 Å². The van der Waals surface area contributed by atoms with Gasteiger partial charge in [-0.25, -0.2) is 0 Å². The second-order valence-electron chi connectivity index (χ2n) is 8.65. The van der Waals surface area contributed by atoms with Crippen LogP contribution in [0, 0.1) is 12.8 Å². The van der Waals surface area contributed by atoms with Crippen molar-refractivity contribution in [1.82, 2.24) is 0 Å². The zero-order valence-electron chi connectivity index (χ0n) is 19.0. The van der Waals surface area contributed by atoms with Gasteiger partial charge >= 0.3 is 0 Å². The number of hydrogen-bond acceptors (Lipinski definition) is 4. The largest absolute Gasteiger partial charge is 0.493 e. The zero-order chi connectivity index (χ0) is 22.9. The van der Waals surface area contributed by atoms with Gasteiger partial charge in [-0.3, -0.25) is 4.99 Å². The molecule has 2 aliphatic rings. The van der Waals surface area contributed by atoms with Crippen LogP contribution < -0.4 is 14.8 Å². The second kappa shape index (κ2) is 9.06. The minimum atomic E-state index is 0.292. The van der Waals surface area contributed by atoms with E-state index in [0.29, 0.717) is 29.4 Å². The summed E-state index contributed by atoms with van der Waals surface area (Å²) in [5.41, 5.74) is 7.14. The fraction of sp³-hybridized carbons (Fsp3) is 0.250. The van der Waals surface area contributed by atoms with E-state index in [1.807, 2.05) is 18.3 Å². The molecule has 1 aliphatic carbocycles. The van der Waals surface area contributed by atoms with Gasteiger partial charge in [-0.2, -0.15) is 0 Å². The SMILES string of the molecule is COc1cc(C=Nc2ccc([C@@H]3Nc4ccc(C)cc4[C@@H]4C=CC[C@H]43)cc2)cc(Br)c1OC. The number of ether oxygens (including phenoxy) is 2. The predicted octanol–water partition coefficient (Wildman–Crippen LogP) is 7.35. The second-order valence-corrected chi connectivity index (χ2v) is 9.51. The van der Waals surface area contributed by atoms with Crippen LogP contribution in [0.4, 0.5) is 11.4 Å². The van der Waals surface area contributed by atoms with Crippen molar-refractivity contribution in [1.29, 1.82) is 0 Å². The first-order valence-electron chi connectivity index (χ1n) is 11.2. The van der Waals surface area contributed by atoms with Crippen LogP contribution in [0.25, 0.3) is 0 Å². The summed E-state index contributed by atoms with van der Waals surface area (Å²) in [5, 5.41) is 3.81. The molecule has 0 aromatic heterocycles. The molecule has 1 aliphatic heterocycles. The number of benzene rings is 3. The Morgan fingerprint density at radius 2 is 1.85 bits per heavy atom. The minimum absolute atomic E-state index is 0.292. The lowest BCUT2D eigenvalue weighted by Crippen LogP contribution is -2.29. The van der Waals surface area contributed by atoms with Gasteiger partial charge in [0.25, 0.3) is 0 Å². The number of anilines is 1. The van der Waals surface area contributed by atoms with Crippen LogP contribution in [0.5, 0.6) is 11.5 Å². The molecule has 5 heteroatoms. The van der Waals surface area contributed by atoms with Gasteiger partial charge in [-0.05, 0) is 82.2 Å². The number of fused-ring (bicyclic) bond motifs is 3. The maximum atomic E-state index is 5.43. The Labute approximate surface area is 203 Å². The highest BCUT2D eigenvalue weighted by atomic mass is 79.9. The average molecular weight is 503 g/mol. The van der Waals surface area contributed by atoms with E-state index in [9.17, 15) is 0 Å². The van der Waals surface area contributed by atoms with E-state index >= 15 is 0 Å². The van der Waals surface area contributed by atoms with Gasteiger partial charge in [0.05, 0.1) is 30.4 Å². The van der Waals surface area contributed by atoms with E-state index in [1.165, 1.54) is 22.4 Å². The first kappa shape index (κ1) is 21.8. The van der Waals surface area contributed by atoms with Crippen molar-refractivity contribution < 1.29 is 9.47 Å². The van der Waals surface area contributed by atoms with Gasteiger partial charge in [0.15, 0.2) is 11.5 Å². The van der Waals surface area contributed by atoms with Crippen molar-refractivity contribution in [2.24, 2.45) is 10.9 Å². The lowest BCUT2D eigenvalue weighted by atomic mass is 9.76.